The van der Waals surface area contributed by atoms with Gasteiger partial charge in [-0.05, 0) is 37.5 Å². The topological polar surface area (TPSA) is 49.4 Å². The van der Waals surface area contributed by atoms with Crippen LogP contribution in [0.5, 0.6) is 0 Å². The van der Waals surface area contributed by atoms with Gasteiger partial charge in [0.15, 0.2) is 0 Å². The Labute approximate surface area is 157 Å². The van der Waals surface area contributed by atoms with Crippen molar-refractivity contribution in [2.24, 2.45) is 5.41 Å². The molecule has 1 unspecified atom stereocenters. The van der Waals surface area contributed by atoms with Gasteiger partial charge in [-0.25, -0.2) is 8.78 Å². The predicted octanol–water partition coefficient (Wildman–Crippen LogP) is 3.52. The van der Waals surface area contributed by atoms with Gasteiger partial charge in [-0.1, -0.05) is 36.4 Å². The van der Waals surface area contributed by atoms with Gasteiger partial charge in [-0.3, -0.25) is 9.59 Å². The Morgan fingerprint density at radius 3 is 2.41 bits per heavy atom. The molecule has 0 bridgehead atoms. The summed E-state index contributed by atoms with van der Waals surface area (Å²) in [6.07, 6.45) is 1.20. The zero-order valence-electron chi connectivity index (χ0n) is 15.2. The first kappa shape index (κ1) is 19.0. The highest BCUT2D eigenvalue weighted by molar-refractivity contribution is 5.95. The van der Waals surface area contributed by atoms with E-state index < -0.39 is 28.5 Å². The molecule has 27 heavy (non-hydrogen) atoms. The highest BCUT2D eigenvalue weighted by Crippen LogP contribution is 2.31. The van der Waals surface area contributed by atoms with Gasteiger partial charge < -0.3 is 10.2 Å². The van der Waals surface area contributed by atoms with Gasteiger partial charge in [0.05, 0.1) is 5.41 Å². The molecule has 1 heterocycles. The van der Waals surface area contributed by atoms with Crippen molar-refractivity contribution in [3.05, 3.63) is 71.3 Å². The summed E-state index contributed by atoms with van der Waals surface area (Å²) < 4.78 is 27.9. The molecule has 0 spiro atoms. The number of nitrogens with zero attached hydrogens (tertiary/aromatic N) is 1. The molecule has 2 aromatic rings. The fourth-order valence-corrected chi connectivity index (χ4v) is 3.45. The van der Waals surface area contributed by atoms with Crippen LogP contribution in [0.1, 0.15) is 35.7 Å². The molecular weight excluding hydrogens is 350 g/mol. The van der Waals surface area contributed by atoms with Gasteiger partial charge in [0.25, 0.3) is 5.91 Å². The first-order valence-corrected chi connectivity index (χ1v) is 8.96. The minimum absolute atomic E-state index is 0.125. The van der Waals surface area contributed by atoms with Crippen molar-refractivity contribution >= 4 is 11.8 Å². The number of likely N-dealkylation sites (tertiary alicyclic amines) is 1. The third-order valence-corrected chi connectivity index (χ3v) is 5.00. The highest BCUT2D eigenvalue weighted by atomic mass is 19.1. The van der Waals surface area contributed by atoms with Crippen LogP contribution in [0.25, 0.3) is 0 Å². The number of piperidine rings is 1. The van der Waals surface area contributed by atoms with Gasteiger partial charge >= 0.3 is 0 Å². The standard InChI is InChI=1S/C21H22F2N2O2/c1-21(20(27)24-13-15-7-3-2-4-8-15)11-6-12-25(14-21)19(26)18-16(22)9-5-10-17(18)23/h2-5,7-10H,6,11-14H2,1H3,(H,24,27). The van der Waals surface area contributed by atoms with Crippen LogP contribution in [0.4, 0.5) is 8.78 Å². The van der Waals surface area contributed by atoms with Crippen LogP contribution in [-0.2, 0) is 11.3 Å². The van der Waals surface area contributed by atoms with Gasteiger partial charge in [-0.15, -0.1) is 0 Å². The lowest BCUT2D eigenvalue weighted by Crippen LogP contribution is -2.52. The predicted molar refractivity (Wildman–Crippen MR) is 97.9 cm³/mol. The third-order valence-electron chi connectivity index (χ3n) is 5.00. The normalized spacial score (nSPS) is 19.6. The number of amides is 2. The first-order valence-electron chi connectivity index (χ1n) is 8.96. The van der Waals surface area contributed by atoms with Gasteiger partial charge in [0, 0.05) is 19.6 Å². The molecular formula is C21H22F2N2O2. The Morgan fingerprint density at radius 1 is 1.07 bits per heavy atom. The van der Waals surface area contributed by atoms with Crippen LogP contribution in [0.3, 0.4) is 0 Å². The van der Waals surface area contributed by atoms with E-state index in [-0.39, 0.29) is 12.5 Å². The van der Waals surface area contributed by atoms with Gasteiger partial charge in [-0.2, -0.15) is 0 Å². The Kier molecular flexibility index (Phi) is 5.54. The summed E-state index contributed by atoms with van der Waals surface area (Å²) in [7, 11) is 0. The summed E-state index contributed by atoms with van der Waals surface area (Å²) >= 11 is 0. The van der Waals surface area contributed by atoms with Crippen LogP contribution in [-0.4, -0.2) is 29.8 Å². The Morgan fingerprint density at radius 2 is 1.74 bits per heavy atom. The second-order valence-electron chi connectivity index (χ2n) is 7.16. The lowest BCUT2D eigenvalue weighted by molar-refractivity contribution is -0.132. The molecule has 2 aromatic carbocycles. The van der Waals surface area contributed by atoms with E-state index in [0.717, 1.165) is 17.7 Å². The smallest absolute Gasteiger partial charge is 0.259 e. The van der Waals surface area contributed by atoms with Gasteiger partial charge in [0.2, 0.25) is 5.91 Å². The van der Waals surface area contributed by atoms with Crippen LogP contribution in [0.2, 0.25) is 0 Å². The molecule has 3 rings (SSSR count). The number of benzene rings is 2. The summed E-state index contributed by atoms with van der Waals surface area (Å²) in [4.78, 5) is 26.7. The van der Waals surface area contributed by atoms with E-state index in [1.54, 1.807) is 6.92 Å². The maximum atomic E-state index is 13.9. The summed E-state index contributed by atoms with van der Waals surface area (Å²) in [5.41, 5.74) is -0.386. The van der Waals surface area contributed by atoms with Gasteiger partial charge in [0.1, 0.15) is 17.2 Å². The number of carbonyl (C=O) groups is 2. The molecule has 1 N–H and O–H groups in total. The van der Waals surface area contributed by atoms with E-state index in [2.05, 4.69) is 5.32 Å². The second kappa shape index (κ2) is 7.86. The number of halogens is 2. The van der Waals surface area contributed by atoms with E-state index in [9.17, 15) is 18.4 Å². The number of hydrogen-bond acceptors (Lipinski definition) is 2. The number of rotatable bonds is 4. The lowest BCUT2D eigenvalue weighted by Gasteiger charge is -2.39. The molecule has 0 radical (unpaired) electrons. The van der Waals surface area contributed by atoms with Crippen molar-refractivity contribution in [3.8, 4) is 0 Å². The molecule has 0 saturated carbocycles. The molecule has 4 nitrogen and oxygen atoms in total. The third kappa shape index (κ3) is 4.15. The monoisotopic (exact) mass is 372 g/mol. The van der Waals surface area contributed by atoms with Crippen LogP contribution in [0, 0.1) is 17.0 Å². The van der Waals surface area contributed by atoms with E-state index in [1.165, 1.54) is 11.0 Å². The first-order chi connectivity index (χ1) is 12.9. The maximum absolute atomic E-state index is 13.9. The zero-order valence-corrected chi connectivity index (χ0v) is 15.2. The number of hydrogen-bond donors (Lipinski definition) is 1. The molecule has 1 aliphatic heterocycles. The summed E-state index contributed by atoms with van der Waals surface area (Å²) in [5.74, 6) is -2.66. The molecule has 0 aromatic heterocycles. The van der Waals surface area contributed by atoms with Crippen molar-refractivity contribution in [2.75, 3.05) is 13.1 Å². The Bertz CT molecular complexity index is 821. The van der Waals surface area contributed by atoms with E-state index in [0.29, 0.717) is 25.9 Å². The minimum Gasteiger partial charge on any atom is -0.351 e. The van der Waals surface area contributed by atoms with E-state index in [4.69, 9.17) is 0 Å². The SMILES string of the molecule is CC1(C(=O)NCc2ccccc2)CCCN(C(=O)c2c(F)cccc2F)C1. The fourth-order valence-electron chi connectivity index (χ4n) is 3.45. The molecule has 1 saturated heterocycles. The second-order valence-corrected chi connectivity index (χ2v) is 7.16. The maximum Gasteiger partial charge on any atom is 0.259 e. The zero-order chi connectivity index (χ0) is 19.4. The molecule has 1 atom stereocenters. The minimum atomic E-state index is -0.888. The average molecular weight is 372 g/mol. The van der Waals surface area contributed by atoms with Crippen LogP contribution in [0.15, 0.2) is 48.5 Å². The largest absolute Gasteiger partial charge is 0.351 e. The van der Waals surface area contributed by atoms with Crippen molar-refractivity contribution in [3.63, 3.8) is 0 Å². The molecule has 1 fully saturated rings. The van der Waals surface area contributed by atoms with E-state index in [1.807, 2.05) is 30.3 Å². The van der Waals surface area contributed by atoms with Crippen molar-refractivity contribution in [2.45, 2.75) is 26.3 Å². The fraction of sp³-hybridized carbons (Fsp3) is 0.333. The van der Waals surface area contributed by atoms with Crippen molar-refractivity contribution in [1.29, 1.82) is 0 Å². The Hall–Kier alpha value is -2.76. The van der Waals surface area contributed by atoms with Crippen LogP contribution >= 0.6 is 0 Å². The Balaban J connectivity index is 1.70. The van der Waals surface area contributed by atoms with E-state index >= 15 is 0 Å². The molecule has 6 heteroatoms. The number of carbonyl (C=O) groups excluding carboxylic acids is 2. The van der Waals surface area contributed by atoms with Crippen molar-refractivity contribution < 1.29 is 18.4 Å². The quantitative estimate of drug-likeness (QED) is 0.893. The summed E-state index contributed by atoms with van der Waals surface area (Å²) in [5, 5.41) is 2.91. The molecule has 142 valence electrons. The molecule has 2 amide bonds. The molecule has 1 aliphatic rings. The summed E-state index contributed by atoms with van der Waals surface area (Å²) in [6, 6.07) is 12.9. The molecule has 0 aliphatic carbocycles. The summed E-state index contributed by atoms with van der Waals surface area (Å²) in [6.45, 7) is 2.67. The number of nitrogens with one attached hydrogen (secondary N) is 1. The van der Waals surface area contributed by atoms with Crippen LogP contribution < -0.4 is 5.32 Å². The lowest BCUT2D eigenvalue weighted by atomic mass is 9.80. The average Bonchev–Trinajstić information content (AvgIpc) is 2.66. The van der Waals surface area contributed by atoms with Crippen molar-refractivity contribution in [1.82, 2.24) is 10.2 Å². The highest BCUT2D eigenvalue weighted by Gasteiger charge is 2.40.